The SMILES string of the molecule is O=c1[nH]nc([N+](=O)[O-])n1[N+](=O)[O-]. The van der Waals surface area contributed by atoms with Gasteiger partial charge in [-0.15, -0.1) is 5.10 Å². The highest BCUT2D eigenvalue weighted by atomic mass is 16.7. The summed E-state index contributed by atoms with van der Waals surface area (Å²) >= 11 is 0. The van der Waals surface area contributed by atoms with Gasteiger partial charge in [0.1, 0.15) is 4.68 Å². The molecule has 10 nitrogen and oxygen atoms in total. The smallest absolute Gasteiger partial charge is 0.390 e. The van der Waals surface area contributed by atoms with E-state index in [2.05, 4.69) is 5.10 Å². The molecule has 0 saturated heterocycles. The Balaban J connectivity index is 3.41. The zero-order valence-electron chi connectivity index (χ0n) is 5.33. The van der Waals surface area contributed by atoms with Crippen molar-refractivity contribution < 1.29 is 9.96 Å². The molecule has 0 unspecified atom stereocenters. The molecule has 0 aliphatic rings. The van der Waals surface area contributed by atoms with Gasteiger partial charge >= 0.3 is 11.6 Å². The van der Waals surface area contributed by atoms with E-state index in [0.29, 0.717) is 0 Å². The average molecular weight is 175 g/mol. The minimum absolute atomic E-state index is 0.292. The van der Waals surface area contributed by atoms with E-state index in [1.807, 2.05) is 0 Å². The predicted molar refractivity (Wildman–Crippen MR) is 31.9 cm³/mol. The Morgan fingerprint density at radius 1 is 1.42 bits per heavy atom. The summed E-state index contributed by atoms with van der Waals surface area (Å²) in [6, 6.07) is 0. The Labute approximate surface area is 62.7 Å². The van der Waals surface area contributed by atoms with Gasteiger partial charge in [0.15, 0.2) is 0 Å². The molecule has 0 aliphatic heterocycles. The Bertz CT molecular complexity index is 387. The fraction of sp³-hybridized carbons (Fsp3) is 0. The summed E-state index contributed by atoms with van der Waals surface area (Å²) in [5.74, 6) is -1.15. The first kappa shape index (κ1) is 7.84. The second-order valence-electron chi connectivity index (χ2n) is 1.64. The molecule has 1 rings (SSSR count). The van der Waals surface area contributed by atoms with Gasteiger partial charge in [-0.25, -0.2) is 14.9 Å². The first-order chi connectivity index (χ1) is 5.54. The number of nitrogens with zero attached hydrogens (tertiary/aromatic N) is 4. The van der Waals surface area contributed by atoms with E-state index < -0.39 is 21.6 Å². The zero-order chi connectivity index (χ0) is 9.30. The summed E-state index contributed by atoms with van der Waals surface area (Å²) in [6.07, 6.45) is 0. The molecular weight excluding hydrogens is 174 g/mol. The summed E-state index contributed by atoms with van der Waals surface area (Å²) < 4.78 is -0.292. The topological polar surface area (TPSA) is 137 Å². The maximum absolute atomic E-state index is 10.5. The molecule has 0 atom stereocenters. The molecule has 0 aromatic carbocycles. The number of rotatable bonds is 2. The second-order valence-corrected chi connectivity index (χ2v) is 1.64. The maximum Gasteiger partial charge on any atom is 0.523 e. The third-order valence-electron chi connectivity index (χ3n) is 0.960. The first-order valence-corrected chi connectivity index (χ1v) is 2.50. The fourth-order valence-electron chi connectivity index (χ4n) is 0.549. The average Bonchev–Trinajstić information content (AvgIpc) is 2.30. The second kappa shape index (κ2) is 2.41. The fourth-order valence-corrected chi connectivity index (χ4v) is 0.549. The summed E-state index contributed by atoms with van der Waals surface area (Å²) in [4.78, 5) is 29.4. The molecule has 0 fully saturated rings. The zero-order valence-corrected chi connectivity index (χ0v) is 5.33. The summed E-state index contributed by atoms with van der Waals surface area (Å²) in [7, 11) is 0. The quantitative estimate of drug-likeness (QED) is 0.429. The highest BCUT2D eigenvalue weighted by molar-refractivity contribution is 4.98. The van der Waals surface area contributed by atoms with E-state index in [4.69, 9.17) is 0 Å². The molecule has 12 heavy (non-hydrogen) atoms. The van der Waals surface area contributed by atoms with Crippen LogP contribution in [-0.4, -0.2) is 24.8 Å². The molecule has 0 bridgehead atoms. The van der Waals surface area contributed by atoms with E-state index >= 15 is 0 Å². The van der Waals surface area contributed by atoms with E-state index in [1.54, 1.807) is 5.10 Å². The molecule has 64 valence electrons. The van der Waals surface area contributed by atoms with Crippen molar-refractivity contribution >= 4 is 5.95 Å². The monoisotopic (exact) mass is 175 g/mol. The van der Waals surface area contributed by atoms with Gasteiger partial charge in [-0.05, 0) is 4.92 Å². The number of hydrogen-bond donors (Lipinski definition) is 1. The molecule has 0 aliphatic carbocycles. The van der Waals surface area contributed by atoms with Crippen LogP contribution in [-0.2, 0) is 0 Å². The van der Waals surface area contributed by atoms with Gasteiger partial charge in [0.05, 0.1) is 0 Å². The van der Waals surface area contributed by atoms with Crippen LogP contribution in [0.2, 0.25) is 0 Å². The van der Waals surface area contributed by atoms with E-state index in [-0.39, 0.29) is 4.68 Å². The molecule has 0 saturated carbocycles. The van der Waals surface area contributed by atoms with Crippen molar-refractivity contribution in [2.75, 3.05) is 0 Å². The van der Waals surface area contributed by atoms with Crippen LogP contribution in [0.4, 0.5) is 5.95 Å². The summed E-state index contributed by atoms with van der Waals surface area (Å²) in [5.41, 5.74) is -1.26. The third kappa shape index (κ3) is 1.00. The van der Waals surface area contributed by atoms with E-state index in [9.17, 15) is 25.0 Å². The van der Waals surface area contributed by atoms with Crippen LogP contribution in [0.1, 0.15) is 0 Å². The van der Waals surface area contributed by atoms with Crippen LogP contribution < -0.4 is 5.69 Å². The van der Waals surface area contributed by atoms with Crippen LogP contribution in [0.25, 0.3) is 0 Å². The molecule has 10 heteroatoms. The molecule has 0 amide bonds. The molecule has 1 heterocycles. The van der Waals surface area contributed by atoms with Crippen molar-refractivity contribution in [3.05, 3.63) is 30.7 Å². The minimum atomic E-state index is -1.26. The molecule has 1 aromatic rings. The standard InChI is InChI=1S/C2HN5O5/c8-2-4-3-1(6(9)10)5(2)7(11)12/h(H,4,8). The van der Waals surface area contributed by atoms with Gasteiger partial charge in [0.2, 0.25) is 5.03 Å². The number of aromatic nitrogens is 3. The van der Waals surface area contributed by atoms with Crippen LogP contribution in [0.3, 0.4) is 0 Å². The van der Waals surface area contributed by atoms with Gasteiger partial charge < -0.3 is 10.1 Å². The lowest BCUT2D eigenvalue weighted by Crippen LogP contribution is -2.24. The number of hydrogen-bond acceptors (Lipinski definition) is 6. The largest absolute Gasteiger partial charge is 0.523 e. The van der Waals surface area contributed by atoms with Crippen molar-refractivity contribution in [3.63, 3.8) is 0 Å². The van der Waals surface area contributed by atoms with Gasteiger partial charge in [0.25, 0.3) is 0 Å². The van der Waals surface area contributed by atoms with Crippen molar-refractivity contribution in [2.45, 2.75) is 0 Å². The van der Waals surface area contributed by atoms with Crippen LogP contribution in [0.5, 0.6) is 0 Å². The minimum Gasteiger partial charge on any atom is -0.390 e. The molecule has 0 spiro atoms. The Morgan fingerprint density at radius 3 is 2.33 bits per heavy atom. The third-order valence-corrected chi connectivity index (χ3v) is 0.960. The normalized spacial score (nSPS) is 9.67. The van der Waals surface area contributed by atoms with Crippen LogP contribution in [0, 0.1) is 20.2 Å². The van der Waals surface area contributed by atoms with Gasteiger partial charge in [-0.1, -0.05) is 0 Å². The van der Waals surface area contributed by atoms with Crippen molar-refractivity contribution in [1.29, 1.82) is 0 Å². The van der Waals surface area contributed by atoms with Gasteiger partial charge in [-0.3, -0.25) is 0 Å². The Hall–Kier alpha value is -2.26. The van der Waals surface area contributed by atoms with E-state index in [1.165, 1.54) is 0 Å². The lowest BCUT2D eigenvalue weighted by molar-refractivity contribution is -0.563. The van der Waals surface area contributed by atoms with Gasteiger partial charge in [-0.2, -0.15) is 0 Å². The molecular formula is C2HN5O5. The van der Waals surface area contributed by atoms with Crippen molar-refractivity contribution in [3.8, 4) is 0 Å². The molecule has 1 N–H and O–H groups in total. The van der Waals surface area contributed by atoms with Crippen molar-refractivity contribution in [1.82, 2.24) is 14.9 Å². The molecule has 1 aromatic heterocycles. The highest BCUT2D eigenvalue weighted by Crippen LogP contribution is 1.99. The Morgan fingerprint density at radius 2 is 2.00 bits per heavy atom. The van der Waals surface area contributed by atoms with Crippen molar-refractivity contribution in [2.24, 2.45) is 0 Å². The molecule has 0 radical (unpaired) electrons. The number of nitro groups is 2. The Kier molecular flexibility index (Phi) is 1.58. The lowest BCUT2D eigenvalue weighted by Gasteiger charge is -1.86. The van der Waals surface area contributed by atoms with Gasteiger partial charge in [0, 0.05) is 5.10 Å². The van der Waals surface area contributed by atoms with Crippen LogP contribution in [0.15, 0.2) is 4.79 Å². The number of nitrogens with one attached hydrogen (secondary N) is 1. The number of aromatic amines is 1. The number of H-pyrrole nitrogens is 1. The lowest BCUT2D eigenvalue weighted by atomic mass is 11.0. The van der Waals surface area contributed by atoms with E-state index in [0.717, 1.165) is 0 Å². The highest BCUT2D eigenvalue weighted by Gasteiger charge is 2.29. The first-order valence-electron chi connectivity index (χ1n) is 2.50. The summed E-state index contributed by atoms with van der Waals surface area (Å²) in [6.45, 7) is 0. The predicted octanol–water partition coefficient (Wildman–Crippen LogP) is -1.48. The maximum atomic E-state index is 10.5. The van der Waals surface area contributed by atoms with Crippen LogP contribution >= 0.6 is 0 Å². The summed E-state index contributed by atoms with van der Waals surface area (Å²) in [5, 5.41) is 23.2.